The molecule has 0 aliphatic heterocycles. The van der Waals surface area contributed by atoms with Crippen molar-refractivity contribution in [2.45, 2.75) is 70.1 Å². The summed E-state index contributed by atoms with van der Waals surface area (Å²) in [7, 11) is 0. The Labute approximate surface area is 178 Å². The Hall–Kier alpha value is -2.18. The van der Waals surface area contributed by atoms with E-state index in [0.29, 0.717) is 24.1 Å². The summed E-state index contributed by atoms with van der Waals surface area (Å²) in [4.78, 5) is 0. The molecule has 1 aliphatic rings. The Morgan fingerprint density at radius 3 is 2.10 bits per heavy atom. The van der Waals surface area contributed by atoms with Gasteiger partial charge in [-0.15, -0.1) is 0 Å². The minimum atomic E-state index is -4.91. The summed E-state index contributed by atoms with van der Waals surface area (Å²) < 4.78 is 85.0. The maximum atomic E-state index is 14.5. The first kappa shape index (κ1) is 23.5. The number of unbranched alkanes of at least 4 members (excludes halogenated alkanes) is 1. The lowest BCUT2D eigenvalue weighted by atomic mass is 9.77. The Morgan fingerprint density at radius 1 is 0.903 bits per heavy atom. The summed E-state index contributed by atoms with van der Waals surface area (Å²) >= 11 is 0. The molecule has 0 amide bonds. The highest BCUT2D eigenvalue weighted by Crippen LogP contribution is 2.39. The van der Waals surface area contributed by atoms with Gasteiger partial charge >= 0.3 is 12.3 Å². The fraction of sp³-hybridized carbons (Fsp3) is 0.500. The zero-order chi connectivity index (χ0) is 22.6. The first-order valence-electron chi connectivity index (χ1n) is 10.6. The second-order valence-electron chi connectivity index (χ2n) is 8.24. The molecule has 0 heterocycles. The molecular formula is C24H26F6O. The minimum absolute atomic E-state index is 0.322. The van der Waals surface area contributed by atoms with Gasteiger partial charge in [-0.2, -0.15) is 22.0 Å². The van der Waals surface area contributed by atoms with Gasteiger partial charge in [-0.05, 0) is 67.3 Å². The highest BCUT2D eigenvalue weighted by Gasteiger charge is 2.37. The van der Waals surface area contributed by atoms with Crippen LogP contribution >= 0.6 is 0 Å². The van der Waals surface area contributed by atoms with Crippen molar-refractivity contribution in [2.24, 2.45) is 5.92 Å². The zero-order valence-electron chi connectivity index (χ0n) is 17.3. The van der Waals surface area contributed by atoms with Gasteiger partial charge in [-0.25, -0.2) is 4.39 Å². The van der Waals surface area contributed by atoms with Crippen molar-refractivity contribution in [3.05, 3.63) is 65.0 Å². The molecule has 0 radical (unpaired) electrons. The molecule has 1 nitrogen and oxygen atoms in total. The first-order chi connectivity index (χ1) is 14.6. The van der Waals surface area contributed by atoms with E-state index in [9.17, 15) is 26.3 Å². The molecule has 170 valence electrons. The summed E-state index contributed by atoms with van der Waals surface area (Å²) in [6.07, 6.45) is -0.680. The lowest BCUT2D eigenvalue weighted by Gasteiger charge is -2.29. The monoisotopic (exact) mass is 444 g/mol. The van der Waals surface area contributed by atoms with Gasteiger partial charge in [0.25, 0.3) is 0 Å². The number of ether oxygens (including phenoxy) is 1. The summed E-state index contributed by atoms with van der Waals surface area (Å²) in [6, 6.07) is 7.22. The van der Waals surface area contributed by atoms with Crippen LogP contribution in [-0.2, 0) is 12.3 Å². The Kier molecular flexibility index (Phi) is 7.22. The molecule has 0 atom stereocenters. The number of benzene rings is 2. The lowest BCUT2D eigenvalue weighted by molar-refractivity contribution is -0.185. The average Bonchev–Trinajstić information content (AvgIpc) is 2.71. The topological polar surface area (TPSA) is 9.23 Å². The summed E-state index contributed by atoms with van der Waals surface area (Å²) in [5, 5.41) is 0. The van der Waals surface area contributed by atoms with Gasteiger partial charge in [-0.1, -0.05) is 38.3 Å². The van der Waals surface area contributed by atoms with Crippen molar-refractivity contribution in [3.8, 4) is 5.75 Å². The van der Waals surface area contributed by atoms with Gasteiger partial charge in [0, 0.05) is 6.07 Å². The first-order valence-corrected chi connectivity index (χ1v) is 10.6. The van der Waals surface area contributed by atoms with Crippen molar-refractivity contribution in [1.29, 1.82) is 0 Å². The Balaban J connectivity index is 1.64. The van der Waals surface area contributed by atoms with Gasteiger partial charge < -0.3 is 4.74 Å². The molecule has 1 aliphatic carbocycles. The smallest absolute Gasteiger partial charge is 0.426 e. The third-order valence-electron chi connectivity index (χ3n) is 6.02. The predicted octanol–water partition coefficient (Wildman–Crippen LogP) is 8.44. The molecule has 1 saturated carbocycles. The van der Waals surface area contributed by atoms with E-state index in [0.717, 1.165) is 37.2 Å². The SMILES string of the molecule is CCCC[C@H]1CC[C@H](c2ccc(C(F)(F)Oc3ccc(C(F)(F)F)c(F)c3)cc2)CC1. The van der Waals surface area contributed by atoms with E-state index in [4.69, 9.17) is 0 Å². The van der Waals surface area contributed by atoms with Crippen LogP contribution in [0.5, 0.6) is 5.75 Å². The molecule has 0 saturated heterocycles. The van der Waals surface area contributed by atoms with Crippen LogP contribution in [0.4, 0.5) is 26.3 Å². The normalized spacial score (nSPS) is 20.0. The van der Waals surface area contributed by atoms with Gasteiger partial charge in [0.05, 0.1) is 11.1 Å². The molecule has 7 heteroatoms. The molecule has 0 N–H and O–H groups in total. The molecule has 0 spiro atoms. The third kappa shape index (κ3) is 5.95. The van der Waals surface area contributed by atoms with Gasteiger partial charge in [0.2, 0.25) is 0 Å². The molecule has 3 rings (SSSR count). The number of hydrogen-bond acceptors (Lipinski definition) is 1. The van der Waals surface area contributed by atoms with Gasteiger partial charge in [0.15, 0.2) is 0 Å². The lowest BCUT2D eigenvalue weighted by Crippen LogP contribution is -2.22. The summed E-state index contributed by atoms with van der Waals surface area (Å²) in [5.74, 6) is -1.25. The quantitative estimate of drug-likeness (QED) is 0.389. The maximum Gasteiger partial charge on any atom is 0.426 e. The van der Waals surface area contributed by atoms with Crippen molar-refractivity contribution < 1.29 is 31.1 Å². The summed E-state index contributed by atoms with van der Waals surface area (Å²) in [5.41, 5.74) is -0.973. The minimum Gasteiger partial charge on any atom is -0.429 e. The van der Waals surface area contributed by atoms with E-state index in [1.807, 2.05) is 0 Å². The second-order valence-corrected chi connectivity index (χ2v) is 8.24. The fourth-order valence-corrected chi connectivity index (χ4v) is 4.22. The number of alkyl halides is 5. The maximum absolute atomic E-state index is 14.5. The van der Waals surface area contributed by atoms with Crippen LogP contribution in [0.25, 0.3) is 0 Å². The molecule has 0 aromatic heterocycles. The molecular weight excluding hydrogens is 418 g/mol. The van der Waals surface area contributed by atoms with Crippen LogP contribution in [0, 0.1) is 11.7 Å². The Morgan fingerprint density at radius 2 is 1.55 bits per heavy atom. The highest BCUT2D eigenvalue weighted by atomic mass is 19.4. The molecule has 0 bridgehead atoms. The standard InChI is InChI=1S/C24H26F6O/c1-2-3-4-16-5-7-17(8-6-16)18-9-11-19(12-10-18)24(29,30)31-20-13-14-21(22(25)15-20)23(26,27)28/h9-17H,2-8H2,1H3/t16-,17-. The van der Waals surface area contributed by atoms with Crippen LogP contribution < -0.4 is 4.74 Å². The molecule has 31 heavy (non-hydrogen) atoms. The van der Waals surface area contributed by atoms with Gasteiger partial charge in [0.1, 0.15) is 11.6 Å². The molecule has 0 unspecified atom stereocenters. The van der Waals surface area contributed by atoms with Crippen molar-refractivity contribution in [3.63, 3.8) is 0 Å². The van der Waals surface area contributed by atoms with Crippen LogP contribution in [0.3, 0.4) is 0 Å². The largest absolute Gasteiger partial charge is 0.429 e. The third-order valence-corrected chi connectivity index (χ3v) is 6.02. The highest BCUT2D eigenvalue weighted by molar-refractivity contribution is 5.33. The van der Waals surface area contributed by atoms with Crippen molar-refractivity contribution in [2.75, 3.05) is 0 Å². The molecule has 1 fully saturated rings. The summed E-state index contributed by atoms with van der Waals surface area (Å²) in [6.45, 7) is 2.18. The van der Waals surface area contributed by atoms with E-state index in [-0.39, 0.29) is 0 Å². The fourth-order valence-electron chi connectivity index (χ4n) is 4.22. The van der Waals surface area contributed by atoms with E-state index >= 15 is 0 Å². The van der Waals surface area contributed by atoms with Crippen LogP contribution in [0.1, 0.15) is 74.5 Å². The zero-order valence-corrected chi connectivity index (χ0v) is 17.3. The number of hydrogen-bond donors (Lipinski definition) is 0. The van der Waals surface area contributed by atoms with Crippen LogP contribution in [0.15, 0.2) is 42.5 Å². The average molecular weight is 444 g/mol. The van der Waals surface area contributed by atoms with Crippen molar-refractivity contribution >= 4 is 0 Å². The second kappa shape index (κ2) is 9.53. The van der Waals surface area contributed by atoms with Crippen molar-refractivity contribution in [1.82, 2.24) is 0 Å². The van der Waals surface area contributed by atoms with E-state index < -0.39 is 35.0 Å². The molecule has 2 aromatic rings. The van der Waals surface area contributed by atoms with E-state index in [1.54, 1.807) is 12.1 Å². The number of halogens is 6. The van der Waals surface area contributed by atoms with Crippen LogP contribution in [0.2, 0.25) is 0 Å². The number of rotatable bonds is 7. The van der Waals surface area contributed by atoms with E-state index in [2.05, 4.69) is 11.7 Å². The van der Waals surface area contributed by atoms with E-state index in [1.165, 1.54) is 31.4 Å². The van der Waals surface area contributed by atoms with Crippen LogP contribution in [-0.4, -0.2) is 0 Å². The molecule has 2 aromatic carbocycles. The van der Waals surface area contributed by atoms with Gasteiger partial charge in [-0.3, -0.25) is 0 Å². The Bertz CT molecular complexity index is 851. The predicted molar refractivity (Wildman–Crippen MR) is 107 cm³/mol.